The number of nitrogens with zero attached hydrogens (tertiary/aromatic N) is 1. The van der Waals surface area contributed by atoms with Gasteiger partial charge in [-0.15, -0.1) is 24.0 Å². The highest BCUT2D eigenvalue weighted by Gasteiger charge is 2.44. The summed E-state index contributed by atoms with van der Waals surface area (Å²) in [5.41, 5.74) is 2.35. The largest absolute Gasteiger partial charge is 0.496 e. The van der Waals surface area contributed by atoms with Crippen LogP contribution in [0.5, 0.6) is 17.2 Å². The minimum Gasteiger partial charge on any atom is -0.496 e. The zero-order valence-electron chi connectivity index (χ0n) is 17.8. The highest BCUT2D eigenvalue weighted by molar-refractivity contribution is 14.0. The van der Waals surface area contributed by atoms with Gasteiger partial charge in [0.25, 0.3) is 0 Å². The van der Waals surface area contributed by atoms with E-state index in [4.69, 9.17) is 25.8 Å². The normalized spacial score (nSPS) is 14.4. The molecule has 1 fully saturated rings. The first-order valence-corrected chi connectivity index (χ1v) is 9.92. The Morgan fingerprint density at radius 3 is 2.23 bits per heavy atom. The molecule has 0 heterocycles. The molecule has 6 nitrogen and oxygen atoms in total. The molecule has 0 aromatic heterocycles. The second kappa shape index (κ2) is 10.9. The zero-order chi connectivity index (χ0) is 20.9. The van der Waals surface area contributed by atoms with Crippen LogP contribution in [0.25, 0.3) is 0 Å². The van der Waals surface area contributed by atoms with Gasteiger partial charge in [-0.05, 0) is 36.6 Å². The van der Waals surface area contributed by atoms with E-state index >= 15 is 0 Å². The van der Waals surface area contributed by atoms with Crippen molar-refractivity contribution in [3.8, 4) is 17.2 Å². The number of ether oxygens (including phenoxy) is 3. The number of halogens is 2. The van der Waals surface area contributed by atoms with Gasteiger partial charge in [-0.2, -0.15) is 0 Å². The molecule has 0 spiro atoms. The Morgan fingerprint density at radius 1 is 1.00 bits per heavy atom. The summed E-state index contributed by atoms with van der Waals surface area (Å²) < 4.78 is 16.2. The van der Waals surface area contributed by atoms with Gasteiger partial charge in [0.1, 0.15) is 5.75 Å². The molecule has 1 aliphatic carbocycles. The van der Waals surface area contributed by atoms with E-state index < -0.39 is 0 Å². The minimum atomic E-state index is 0. The van der Waals surface area contributed by atoms with Gasteiger partial charge in [0.2, 0.25) is 0 Å². The number of aliphatic imine (C=N–C) groups is 1. The topological polar surface area (TPSA) is 64.1 Å². The standard InChI is InChI=1S/C22H28ClN3O3.HI/c1-24-21(26-14-22(8-9-22)16-6-5-7-17(23)11-16)25-13-15-10-19(28-3)20(29-4)12-18(15)27-2;/h5-7,10-12H,8-9,13-14H2,1-4H3,(H2,24,25,26);1H. The van der Waals surface area contributed by atoms with E-state index in [0.717, 1.165) is 41.7 Å². The summed E-state index contributed by atoms with van der Waals surface area (Å²) in [6, 6.07) is 11.8. The number of rotatable bonds is 8. The van der Waals surface area contributed by atoms with E-state index in [0.29, 0.717) is 18.0 Å². The van der Waals surface area contributed by atoms with Gasteiger partial charge in [0.15, 0.2) is 17.5 Å². The first-order valence-electron chi connectivity index (χ1n) is 9.54. The van der Waals surface area contributed by atoms with Crippen molar-refractivity contribution in [2.24, 2.45) is 4.99 Å². The third-order valence-corrected chi connectivity index (χ3v) is 5.58. The van der Waals surface area contributed by atoms with E-state index in [1.807, 2.05) is 24.3 Å². The quantitative estimate of drug-likeness (QED) is 0.293. The van der Waals surface area contributed by atoms with E-state index in [1.54, 1.807) is 28.4 Å². The van der Waals surface area contributed by atoms with Gasteiger partial charge in [-0.3, -0.25) is 4.99 Å². The average Bonchev–Trinajstić information content (AvgIpc) is 3.54. The molecule has 0 atom stereocenters. The van der Waals surface area contributed by atoms with Gasteiger partial charge < -0.3 is 24.8 Å². The maximum atomic E-state index is 6.17. The first kappa shape index (κ1) is 24.4. The number of methoxy groups -OCH3 is 3. The maximum absolute atomic E-state index is 6.17. The number of guanidine groups is 1. The Bertz CT molecular complexity index is 888. The summed E-state index contributed by atoms with van der Waals surface area (Å²) >= 11 is 6.17. The van der Waals surface area contributed by atoms with E-state index in [9.17, 15) is 0 Å². The fourth-order valence-electron chi connectivity index (χ4n) is 3.42. The van der Waals surface area contributed by atoms with Crippen LogP contribution in [0.1, 0.15) is 24.0 Å². The molecule has 8 heteroatoms. The molecule has 0 unspecified atom stereocenters. The molecule has 0 saturated heterocycles. The van der Waals surface area contributed by atoms with Crippen LogP contribution in [0.4, 0.5) is 0 Å². The summed E-state index contributed by atoms with van der Waals surface area (Å²) in [6.07, 6.45) is 2.28. The average molecular weight is 546 g/mol. The maximum Gasteiger partial charge on any atom is 0.191 e. The van der Waals surface area contributed by atoms with Crippen molar-refractivity contribution in [2.75, 3.05) is 34.9 Å². The van der Waals surface area contributed by atoms with Gasteiger partial charge in [0, 0.05) is 42.2 Å². The SMILES string of the molecule is CN=C(NCc1cc(OC)c(OC)cc1OC)NCC1(c2cccc(Cl)c2)CC1.I. The third kappa shape index (κ3) is 5.63. The van der Waals surface area contributed by atoms with Crippen molar-refractivity contribution < 1.29 is 14.2 Å². The molecule has 1 aliphatic rings. The molecule has 2 aromatic carbocycles. The van der Waals surface area contributed by atoms with Crippen molar-refractivity contribution in [3.05, 3.63) is 52.5 Å². The van der Waals surface area contributed by atoms with Crippen molar-refractivity contribution >= 4 is 41.5 Å². The Morgan fingerprint density at radius 2 is 1.67 bits per heavy atom. The van der Waals surface area contributed by atoms with Crippen molar-refractivity contribution in [1.82, 2.24) is 10.6 Å². The Labute approximate surface area is 200 Å². The molecule has 2 N–H and O–H groups in total. The number of hydrogen-bond acceptors (Lipinski definition) is 4. The number of hydrogen-bond donors (Lipinski definition) is 2. The molecule has 3 rings (SSSR count). The third-order valence-electron chi connectivity index (χ3n) is 5.34. The number of nitrogens with one attached hydrogen (secondary N) is 2. The predicted octanol–water partition coefficient (Wildman–Crippen LogP) is 4.38. The molecule has 0 amide bonds. The van der Waals surface area contributed by atoms with Crippen LogP contribution in [-0.4, -0.2) is 40.9 Å². The molecule has 1 saturated carbocycles. The van der Waals surface area contributed by atoms with Gasteiger partial charge in [-0.25, -0.2) is 0 Å². The van der Waals surface area contributed by atoms with Crippen LogP contribution < -0.4 is 24.8 Å². The first-order chi connectivity index (χ1) is 14.0. The van der Waals surface area contributed by atoms with Crippen molar-refractivity contribution in [3.63, 3.8) is 0 Å². The zero-order valence-corrected chi connectivity index (χ0v) is 20.8. The Hall–Kier alpha value is -1.87. The van der Waals surface area contributed by atoms with Gasteiger partial charge in [-0.1, -0.05) is 23.7 Å². The molecular weight excluding hydrogens is 517 g/mol. The fraction of sp³-hybridized carbons (Fsp3) is 0.409. The molecule has 164 valence electrons. The molecule has 0 aliphatic heterocycles. The summed E-state index contributed by atoms with van der Waals surface area (Å²) in [5, 5.41) is 7.57. The summed E-state index contributed by atoms with van der Waals surface area (Å²) in [6.45, 7) is 1.34. The molecule has 2 aromatic rings. The lowest BCUT2D eigenvalue weighted by molar-refractivity contribution is 0.347. The second-order valence-electron chi connectivity index (χ2n) is 7.09. The summed E-state index contributed by atoms with van der Waals surface area (Å²) in [5.74, 6) is 2.75. The minimum absolute atomic E-state index is 0. The van der Waals surface area contributed by atoms with Crippen LogP contribution >= 0.6 is 35.6 Å². The molecule has 0 bridgehead atoms. The Kier molecular flexibility index (Phi) is 8.91. The van der Waals surface area contributed by atoms with Crippen LogP contribution in [-0.2, 0) is 12.0 Å². The predicted molar refractivity (Wildman–Crippen MR) is 132 cm³/mol. The van der Waals surface area contributed by atoms with Crippen LogP contribution in [0.15, 0.2) is 41.4 Å². The highest BCUT2D eigenvalue weighted by Crippen LogP contribution is 2.48. The summed E-state index contributed by atoms with van der Waals surface area (Å²) in [4.78, 5) is 4.35. The Balaban J connectivity index is 0.00000320. The van der Waals surface area contributed by atoms with Crippen molar-refractivity contribution in [1.29, 1.82) is 0 Å². The van der Waals surface area contributed by atoms with Crippen LogP contribution in [0.2, 0.25) is 5.02 Å². The molecule has 30 heavy (non-hydrogen) atoms. The van der Waals surface area contributed by atoms with E-state index in [2.05, 4.69) is 27.8 Å². The highest BCUT2D eigenvalue weighted by atomic mass is 127. The van der Waals surface area contributed by atoms with E-state index in [-0.39, 0.29) is 29.4 Å². The second-order valence-corrected chi connectivity index (χ2v) is 7.53. The van der Waals surface area contributed by atoms with Gasteiger partial charge >= 0.3 is 0 Å². The molecular formula is C22H29ClIN3O3. The van der Waals surface area contributed by atoms with Gasteiger partial charge in [0.05, 0.1) is 21.3 Å². The summed E-state index contributed by atoms with van der Waals surface area (Å²) in [7, 11) is 6.63. The monoisotopic (exact) mass is 545 g/mol. The fourth-order valence-corrected chi connectivity index (χ4v) is 3.61. The van der Waals surface area contributed by atoms with E-state index in [1.165, 1.54) is 5.56 Å². The van der Waals surface area contributed by atoms with Crippen molar-refractivity contribution in [2.45, 2.75) is 24.8 Å². The number of benzene rings is 2. The lowest BCUT2D eigenvalue weighted by Gasteiger charge is -2.20. The van der Waals surface area contributed by atoms with Crippen LogP contribution in [0, 0.1) is 0 Å². The molecule has 0 radical (unpaired) electrons. The lowest BCUT2D eigenvalue weighted by atomic mass is 9.96. The smallest absolute Gasteiger partial charge is 0.191 e. The lowest BCUT2D eigenvalue weighted by Crippen LogP contribution is -2.40. The van der Waals surface area contributed by atoms with Crippen LogP contribution in [0.3, 0.4) is 0 Å².